The van der Waals surface area contributed by atoms with Gasteiger partial charge in [0.1, 0.15) is 57.8 Å². The van der Waals surface area contributed by atoms with Gasteiger partial charge in [0.05, 0.1) is 30.7 Å². The van der Waals surface area contributed by atoms with E-state index in [0.717, 1.165) is 5.69 Å². The molecule has 0 spiro atoms. The van der Waals surface area contributed by atoms with Gasteiger partial charge < -0.3 is 29.4 Å². The molecule has 0 radical (unpaired) electrons. The Hall–Kier alpha value is -10.0. The predicted molar refractivity (Wildman–Crippen MR) is 378 cm³/mol. The number of rotatable bonds is 25. The molecular formula is C70H90F2N10O14S3. The number of amides is 3. The summed E-state index contributed by atoms with van der Waals surface area (Å²) in [6.07, 6.45) is 1.79. The maximum absolute atomic E-state index is 14.4. The van der Waals surface area contributed by atoms with E-state index in [1.165, 1.54) is 103 Å². The molecule has 0 atom stereocenters. The number of carbonyl (C=O) groups is 3. The Morgan fingerprint density at radius 3 is 1.36 bits per heavy atom. The Morgan fingerprint density at radius 1 is 0.545 bits per heavy atom. The first-order valence-corrected chi connectivity index (χ1v) is 35.5. The fourth-order valence-electron chi connectivity index (χ4n) is 8.27. The minimum atomic E-state index is -4.24. The Morgan fingerprint density at radius 2 is 0.960 bits per heavy atom. The van der Waals surface area contributed by atoms with Crippen LogP contribution in [0.25, 0.3) is 22.5 Å². The summed E-state index contributed by atoms with van der Waals surface area (Å²) in [7, 11) is -12.7. The van der Waals surface area contributed by atoms with E-state index in [9.17, 15) is 48.4 Å². The normalized spacial score (nSPS) is 11.7. The average Bonchev–Trinajstić information content (AvgIpc) is 0.807. The van der Waals surface area contributed by atoms with Crippen LogP contribution in [0.2, 0.25) is 0 Å². The highest BCUT2D eigenvalue weighted by molar-refractivity contribution is 7.90. The predicted octanol–water partition coefficient (Wildman–Crippen LogP) is 12.9. The van der Waals surface area contributed by atoms with E-state index in [0.29, 0.717) is 65.0 Å². The smallest absolute Gasteiger partial charge is 0.281 e. The molecule has 3 amide bonds. The molecule has 99 heavy (non-hydrogen) atoms. The lowest BCUT2D eigenvalue weighted by molar-refractivity contribution is 0.0894. The van der Waals surface area contributed by atoms with Gasteiger partial charge in [-0.1, -0.05) is 86.2 Å². The molecule has 0 bridgehead atoms. The van der Waals surface area contributed by atoms with Crippen molar-refractivity contribution in [2.75, 3.05) is 25.6 Å². The molecule has 0 fully saturated rings. The number of ether oxygens (including phenoxy) is 5. The maximum atomic E-state index is 14.4. The van der Waals surface area contributed by atoms with Gasteiger partial charge in [0, 0.05) is 51.5 Å². The summed E-state index contributed by atoms with van der Waals surface area (Å²) >= 11 is 0. The van der Waals surface area contributed by atoms with Gasteiger partial charge in [-0.3, -0.25) is 14.4 Å². The highest BCUT2D eigenvalue weighted by Crippen LogP contribution is 2.33. The van der Waals surface area contributed by atoms with Crippen molar-refractivity contribution < 1.29 is 77.8 Å². The number of aryl methyl sites for hydroxylation is 2. The van der Waals surface area contributed by atoms with Gasteiger partial charge in [-0.2, -0.15) is 25.3 Å². The van der Waals surface area contributed by atoms with Crippen molar-refractivity contribution in [2.24, 2.45) is 11.8 Å². The van der Waals surface area contributed by atoms with E-state index in [1.54, 1.807) is 58.0 Å². The second-order valence-electron chi connectivity index (χ2n) is 25.1. The summed E-state index contributed by atoms with van der Waals surface area (Å²) in [6, 6.07) is 30.4. The number of nitrogens with zero attached hydrogens (tertiary/aromatic N) is 6. The van der Waals surface area contributed by atoms with Crippen LogP contribution in [0.3, 0.4) is 0 Å². The van der Waals surface area contributed by atoms with Crippen LogP contribution in [-0.2, 0) is 35.5 Å². The number of nitrogens with one attached hydrogen (secondary N) is 3. The van der Waals surface area contributed by atoms with Gasteiger partial charge in [0.25, 0.3) is 47.8 Å². The highest BCUT2D eigenvalue weighted by atomic mass is 32.2. The molecule has 5 N–H and O–H groups in total. The zero-order valence-electron chi connectivity index (χ0n) is 57.4. The van der Waals surface area contributed by atoms with Crippen molar-refractivity contribution in [3.8, 4) is 51.7 Å². The number of carbonyl (C=O) groups excluding carboxylic acids is 3. The number of benzene rings is 2. The second-order valence-corrected chi connectivity index (χ2v) is 30.0. The largest absolute Gasteiger partial charge is 0.493 e. The van der Waals surface area contributed by atoms with Gasteiger partial charge in [0.15, 0.2) is 15.1 Å². The van der Waals surface area contributed by atoms with Crippen LogP contribution in [0.15, 0.2) is 155 Å². The molecule has 8 rings (SSSR count). The fourth-order valence-corrected chi connectivity index (χ4v) is 11.2. The van der Waals surface area contributed by atoms with Gasteiger partial charge in [0.2, 0.25) is 17.6 Å². The van der Waals surface area contributed by atoms with Crippen LogP contribution < -0.4 is 43.6 Å². The van der Waals surface area contributed by atoms with E-state index in [4.69, 9.17) is 29.4 Å². The van der Waals surface area contributed by atoms with Crippen molar-refractivity contribution >= 4 is 53.6 Å². The summed E-state index contributed by atoms with van der Waals surface area (Å²) in [5.41, 5.74) is 7.47. The molecule has 29 heteroatoms. The summed E-state index contributed by atoms with van der Waals surface area (Å²) in [5, 5.41) is -0.922. The highest BCUT2D eigenvalue weighted by Gasteiger charge is 2.30. The maximum Gasteiger partial charge on any atom is 0.281 e. The summed E-state index contributed by atoms with van der Waals surface area (Å²) in [5.74, 6) is -2.68. The molecule has 8 aromatic rings. The van der Waals surface area contributed by atoms with Crippen LogP contribution in [0.4, 0.5) is 14.6 Å². The monoisotopic (exact) mass is 1430 g/mol. The van der Waals surface area contributed by atoms with E-state index < -0.39 is 65.0 Å². The Balaban J connectivity index is 0.000000521. The lowest BCUT2D eigenvalue weighted by atomic mass is 9.91. The molecule has 0 saturated carbocycles. The molecule has 0 aliphatic carbocycles. The molecule has 0 aliphatic rings. The topological polar surface area (TPSA) is 339 Å². The number of anilines is 1. The Bertz CT molecular complexity index is 4620. The van der Waals surface area contributed by atoms with E-state index in [1.807, 2.05) is 83.4 Å². The molecule has 24 nitrogen and oxygen atoms in total. The van der Waals surface area contributed by atoms with Crippen LogP contribution in [0, 0.1) is 37.3 Å². The SMILES string of the molecule is C=CCOc1nc(-c2cc(F)cc(OCC(C)C)c2)ccc1C(=O)NS(=O)(=O)c1cccc(C)n1.CC(C)Oc1nc(C(C)(C)C)ccc1C(=O)NS(=O)(=O)c1cccc(N)n1.CCC(C)(C)Oc1nc(-c2cc(F)cc(OCC(C)C)c2)ccc1C(=O)NS(=O)(=O)c1cccc(C)n1.[HH].[HH].[HH].[HH]. The number of nitrogen functional groups attached to an aromatic ring is 1. The van der Waals surface area contributed by atoms with Crippen LogP contribution in [0.5, 0.6) is 29.1 Å². The van der Waals surface area contributed by atoms with Crippen LogP contribution in [-0.4, -0.2) is 104 Å². The fraction of sp³-hybridized carbons (Fsp3) is 0.329. The van der Waals surface area contributed by atoms with E-state index in [-0.39, 0.29) is 90.9 Å². The third-order valence-corrected chi connectivity index (χ3v) is 17.2. The Labute approximate surface area is 582 Å². The van der Waals surface area contributed by atoms with Gasteiger partial charge in [-0.25, -0.2) is 52.9 Å². The van der Waals surface area contributed by atoms with E-state index in [2.05, 4.69) is 36.5 Å². The molecule has 0 unspecified atom stereocenters. The number of halogens is 2. The lowest BCUT2D eigenvalue weighted by Gasteiger charge is -2.25. The minimum Gasteiger partial charge on any atom is -0.493 e. The summed E-state index contributed by atoms with van der Waals surface area (Å²) < 4.78 is 139. The number of nitrogens with two attached hydrogens (primary N) is 1. The molecular weight excluding hydrogens is 1340 g/mol. The summed E-state index contributed by atoms with van der Waals surface area (Å²) in [6.45, 7) is 30.7. The number of sulfonamides is 3. The molecule has 6 aromatic heterocycles. The zero-order chi connectivity index (χ0) is 73.4. The average molecular weight is 1430 g/mol. The van der Waals surface area contributed by atoms with Crippen molar-refractivity contribution in [1.29, 1.82) is 0 Å². The van der Waals surface area contributed by atoms with Gasteiger partial charge in [-0.05, 0) is 157 Å². The molecule has 0 saturated heterocycles. The molecule has 6 heterocycles. The van der Waals surface area contributed by atoms with Crippen LogP contribution in [0.1, 0.15) is 143 Å². The van der Waals surface area contributed by atoms with E-state index >= 15 is 0 Å². The van der Waals surface area contributed by atoms with Crippen molar-refractivity contribution in [1.82, 2.24) is 44.1 Å². The lowest BCUT2D eigenvalue weighted by Crippen LogP contribution is -2.33. The number of hydrogen-bond donors (Lipinski definition) is 4. The zero-order valence-corrected chi connectivity index (χ0v) is 59.9. The number of pyridine rings is 6. The third kappa shape index (κ3) is 23.1. The first-order valence-electron chi connectivity index (χ1n) is 31.1. The van der Waals surface area contributed by atoms with Crippen molar-refractivity contribution in [3.05, 3.63) is 185 Å². The summed E-state index contributed by atoms with van der Waals surface area (Å²) in [4.78, 5) is 63.5. The second kappa shape index (κ2) is 33.5. The van der Waals surface area contributed by atoms with Gasteiger partial charge >= 0.3 is 0 Å². The Kier molecular flexibility index (Phi) is 26.4. The molecule has 0 aliphatic heterocycles. The third-order valence-electron chi connectivity index (χ3n) is 13.5. The first kappa shape index (κ1) is 78.0. The van der Waals surface area contributed by atoms with Crippen molar-refractivity contribution in [2.45, 2.75) is 136 Å². The quantitative estimate of drug-likeness (QED) is 0.0386. The molecule has 2 aromatic carbocycles. The van der Waals surface area contributed by atoms with Crippen LogP contribution >= 0.6 is 0 Å². The standard InChI is InChI=1S/C27H32FN3O5S.C25H26FN3O5S.C18H24N4O4S.4H2/c1-7-27(5,6)36-26-22(25(32)31-37(33,34)24-10-8-9-18(4)29-24)11-12-23(30-26)19-13-20(28)15-21(14-19)35-16-17(2)3;1-5-11-33-25-21(24(30)29-35(31,32)23-8-6-7-17(4)27-23)9-10-22(28-25)18-12-19(26)14-20(13-18)34-15-16(2)3;1-11(2)26-17-12(9-10-13(20-17)18(3,4)5)16(23)22-27(24,25)15-8-6-7-14(19)21-15;;;;/h8-15,17H,7,16H2,1-6H3,(H,31,32);5-10,12-14,16H,1,11,15H2,2-4H3,(H,29,30);6-11H,1-5H3,(H2,19,21)(H,22,23);4*1H. The number of hydrogen-bond acceptors (Lipinski definition) is 21. The number of aromatic nitrogens is 6. The minimum absolute atomic E-state index is 0. The van der Waals surface area contributed by atoms with Gasteiger partial charge in [-0.15, -0.1) is 0 Å². The first-order chi connectivity index (χ1) is 46.3. The molecule has 536 valence electrons. The van der Waals surface area contributed by atoms with Crippen molar-refractivity contribution in [3.63, 3.8) is 0 Å².